The highest BCUT2D eigenvalue weighted by atomic mass is 14.8. The van der Waals surface area contributed by atoms with E-state index >= 15 is 0 Å². The molecule has 0 heterocycles. The minimum atomic E-state index is 0.595. The van der Waals surface area contributed by atoms with Crippen LogP contribution in [0.2, 0.25) is 0 Å². The Bertz CT molecular complexity index is 471. The Hall–Kier alpha value is -1.74. The van der Waals surface area contributed by atoms with E-state index in [9.17, 15) is 0 Å². The molecule has 0 aliphatic rings. The lowest BCUT2D eigenvalue weighted by atomic mass is 9.93. The molecule has 2 nitrogen and oxygen atoms in total. The second-order valence-corrected chi connectivity index (χ2v) is 4.71. The predicted molar refractivity (Wildman–Crippen MR) is 81.7 cm³/mol. The summed E-state index contributed by atoms with van der Waals surface area (Å²) in [5, 5.41) is 6.52. The minimum Gasteiger partial charge on any atom is -0.302 e. The van der Waals surface area contributed by atoms with Gasteiger partial charge in [0.05, 0.1) is 13.1 Å². The van der Waals surface area contributed by atoms with Gasteiger partial charge in [0.15, 0.2) is 0 Å². The first-order valence-electron chi connectivity index (χ1n) is 6.48. The molecule has 100 valence electrons. The van der Waals surface area contributed by atoms with E-state index in [0.29, 0.717) is 13.1 Å². The van der Waals surface area contributed by atoms with Crippen LogP contribution in [0.4, 0.5) is 0 Å². The van der Waals surface area contributed by atoms with Crippen molar-refractivity contribution in [3.05, 3.63) is 33.9 Å². The van der Waals surface area contributed by atoms with E-state index in [-0.39, 0.29) is 0 Å². The number of hydrogen-bond donors (Lipinski definition) is 2. The molecule has 0 saturated carbocycles. The molecule has 1 aromatic carbocycles. The highest BCUT2D eigenvalue weighted by Crippen LogP contribution is 2.22. The van der Waals surface area contributed by atoms with E-state index in [0.717, 1.165) is 13.1 Å². The number of hydrogen-bond acceptors (Lipinski definition) is 2. The molecule has 0 amide bonds. The zero-order valence-electron chi connectivity index (χ0n) is 12.1. The van der Waals surface area contributed by atoms with Gasteiger partial charge >= 0.3 is 0 Å². The van der Waals surface area contributed by atoms with Crippen LogP contribution in [0, 0.1) is 45.5 Å². The van der Waals surface area contributed by atoms with Crippen molar-refractivity contribution >= 4 is 0 Å². The average molecular weight is 254 g/mol. The number of terminal acetylenes is 2. The van der Waals surface area contributed by atoms with E-state index in [2.05, 4.69) is 49.3 Å². The van der Waals surface area contributed by atoms with E-state index in [1.807, 2.05) is 0 Å². The zero-order valence-corrected chi connectivity index (χ0v) is 12.1. The number of nitrogens with one attached hydrogen (secondary N) is 2. The van der Waals surface area contributed by atoms with Gasteiger partial charge in [0.1, 0.15) is 0 Å². The van der Waals surface area contributed by atoms with Gasteiger partial charge in [-0.2, -0.15) is 0 Å². The lowest BCUT2D eigenvalue weighted by Crippen LogP contribution is -2.19. The maximum absolute atomic E-state index is 5.26. The molecule has 2 N–H and O–H groups in total. The Balaban J connectivity index is 2.95. The van der Waals surface area contributed by atoms with Gasteiger partial charge in [-0.05, 0) is 48.6 Å². The van der Waals surface area contributed by atoms with Crippen molar-refractivity contribution in [2.75, 3.05) is 13.1 Å². The normalized spacial score (nSPS) is 9.95. The van der Waals surface area contributed by atoms with Crippen LogP contribution < -0.4 is 10.6 Å². The fourth-order valence-electron chi connectivity index (χ4n) is 2.34. The predicted octanol–water partition coefficient (Wildman–Crippen LogP) is 2.06. The second kappa shape index (κ2) is 7.64. The molecular weight excluding hydrogens is 232 g/mol. The van der Waals surface area contributed by atoms with Crippen LogP contribution in [-0.2, 0) is 13.1 Å². The van der Waals surface area contributed by atoms with Gasteiger partial charge in [-0.25, -0.2) is 0 Å². The van der Waals surface area contributed by atoms with Gasteiger partial charge in [0, 0.05) is 13.1 Å². The van der Waals surface area contributed by atoms with Crippen molar-refractivity contribution in [2.24, 2.45) is 0 Å². The van der Waals surface area contributed by atoms with Crippen molar-refractivity contribution in [3.63, 3.8) is 0 Å². The minimum absolute atomic E-state index is 0.595. The van der Waals surface area contributed by atoms with Crippen LogP contribution in [0.3, 0.4) is 0 Å². The van der Waals surface area contributed by atoms with Gasteiger partial charge in [0.2, 0.25) is 0 Å². The molecule has 0 aliphatic heterocycles. The first kappa shape index (κ1) is 15.3. The van der Waals surface area contributed by atoms with Gasteiger partial charge in [-0.15, -0.1) is 12.8 Å². The summed E-state index contributed by atoms with van der Waals surface area (Å²) < 4.78 is 0. The summed E-state index contributed by atoms with van der Waals surface area (Å²) in [5.41, 5.74) is 6.60. The summed E-state index contributed by atoms with van der Waals surface area (Å²) in [6.07, 6.45) is 10.5. The smallest absolute Gasteiger partial charge is 0.0576 e. The fraction of sp³-hybridized carbons (Fsp3) is 0.412. The highest BCUT2D eigenvalue weighted by molar-refractivity contribution is 5.44. The van der Waals surface area contributed by atoms with E-state index in [4.69, 9.17) is 12.8 Å². The SMILES string of the molecule is C#CCNCc1c(C)cc(C)c(CNCC#C)c1C. The van der Waals surface area contributed by atoms with Gasteiger partial charge in [-0.3, -0.25) is 0 Å². The molecular formula is C17H22N2. The van der Waals surface area contributed by atoms with Crippen LogP contribution in [0.1, 0.15) is 27.8 Å². The van der Waals surface area contributed by atoms with Crippen LogP contribution in [-0.4, -0.2) is 13.1 Å². The van der Waals surface area contributed by atoms with Crippen LogP contribution >= 0.6 is 0 Å². The third-order valence-corrected chi connectivity index (χ3v) is 3.35. The molecule has 1 aromatic rings. The van der Waals surface area contributed by atoms with E-state index in [1.54, 1.807) is 0 Å². The van der Waals surface area contributed by atoms with Crippen molar-refractivity contribution in [1.82, 2.24) is 10.6 Å². The highest BCUT2D eigenvalue weighted by Gasteiger charge is 2.10. The third kappa shape index (κ3) is 4.14. The number of benzene rings is 1. The van der Waals surface area contributed by atoms with E-state index in [1.165, 1.54) is 27.8 Å². The van der Waals surface area contributed by atoms with Crippen molar-refractivity contribution in [2.45, 2.75) is 33.9 Å². The summed E-state index contributed by atoms with van der Waals surface area (Å²) in [4.78, 5) is 0. The summed E-state index contributed by atoms with van der Waals surface area (Å²) in [5.74, 6) is 5.20. The maximum Gasteiger partial charge on any atom is 0.0576 e. The van der Waals surface area contributed by atoms with Gasteiger partial charge in [0.25, 0.3) is 0 Å². The first-order valence-corrected chi connectivity index (χ1v) is 6.48. The number of rotatable bonds is 6. The van der Waals surface area contributed by atoms with Crippen LogP contribution in [0.5, 0.6) is 0 Å². The second-order valence-electron chi connectivity index (χ2n) is 4.71. The Labute approximate surface area is 117 Å². The molecule has 0 atom stereocenters. The molecule has 0 unspecified atom stereocenters. The Morgan fingerprint density at radius 1 is 0.895 bits per heavy atom. The van der Waals surface area contributed by atoms with Gasteiger partial charge < -0.3 is 10.6 Å². The molecule has 1 rings (SSSR count). The number of aryl methyl sites for hydroxylation is 2. The quantitative estimate of drug-likeness (QED) is 0.600. The van der Waals surface area contributed by atoms with Gasteiger partial charge in [-0.1, -0.05) is 17.9 Å². The zero-order chi connectivity index (χ0) is 14.3. The summed E-state index contributed by atoms with van der Waals surface area (Å²) in [6, 6.07) is 2.23. The average Bonchev–Trinajstić information content (AvgIpc) is 2.37. The third-order valence-electron chi connectivity index (χ3n) is 3.35. The lowest BCUT2D eigenvalue weighted by molar-refractivity contribution is 0.738. The standard InChI is InChI=1S/C17H22N2/c1-6-8-18-11-16-13(3)10-14(4)17(15(16)5)12-19-9-7-2/h1-2,10,18-19H,8-9,11-12H2,3-5H3. The summed E-state index contributed by atoms with van der Waals surface area (Å²) in [7, 11) is 0. The Morgan fingerprint density at radius 3 is 1.68 bits per heavy atom. The van der Waals surface area contributed by atoms with E-state index < -0.39 is 0 Å². The molecule has 0 bridgehead atoms. The molecule has 0 fully saturated rings. The summed E-state index contributed by atoms with van der Waals surface area (Å²) in [6.45, 7) is 9.26. The van der Waals surface area contributed by atoms with Crippen LogP contribution in [0.25, 0.3) is 0 Å². The maximum atomic E-state index is 5.26. The molecule has 0 radical (unpaired) electrons. The summed E-state index contributed by atoms with van der Waals surface area (Å²) >= 11 is 0. The molecule has 0 aromatic heterocycles. The molecule has 0 spiro atoms. The molecule has 19 heavy (non-hydrogen) atoms. The monoisotopic (exact) mass is 254 g/mol. The lowest BCUT2D eigenvalue weighted by Gasteiger charge is -2.17. The van der Waals surface area contributed by atoms with Crippen molar-refractivity contribution in [1.29, 1.82) is 0 Å². The Kier molecular flexibility index (Phi) is 6.16. The molecule has 2 heteroatoms. The first-order chi connectivity index (χ1) is 9.11. The Morgan fingerprint density at radius 2 is 1.32 bits per heavy atom. The molecule has 0 aliphatic carbocycles. The molecule has 0 saturated heterocycles. The fourth-order valence-corrected chi connectivity index (χ4v) is 2.34. The largest absolute Gasteiger partial charge is 0.302 e. The van der Waals surface area contributed by atoms with Crippen molar-refractivity contribution < 1.29 is 0 Å². The van der Waals surface area contributed by atoms with Crippen LogP contribution in [0.15, 0.2) is 6.07 Å². The van der Waals surface area contributed by atoms with Crippen molar-refractivity contribution in [3.8, 4) is 24.7 Å². The topological polar surface area (TPSA) is 24.1 Å².